The van der Waals surface area contributed by atoms with Crippen LogP contribution in [0.5, 0.6) is 0 Å². The zero-order chi connectivity index (χ0) is 11.7. The van der Waals surface area contributed by atoms with E-state index in [1.807, 2.05) is 0 Å². The number of rotatable bonds is 6. The zero-order valence-corrected chi connectivity index (χ0v) is 10.7. The summed E-state index contributed by atoms with van der Waals surface area (Å²) in [6, 6.07) is 0.576. The van der Waals surface area contributed by atoms with E-state index < -0.39 is 0 Å². The second kappa shape index (κ2) is 5.25. The van der Waals surface area contributed by atoms with Crippen molar-refractivity contribution >= 4 is 0 Å². The molecule has 0 bridgehead atoms. The van der Waals surface area contributed by atoms with Gasteiger partial charge in [-0.15, -0.1) is 0 Å². The molecule has 3 aliphatic rings. The Morgan fingerprint density at radius 2 is 2.00 bits per heavy atom. The standard InChI is InChI=1S/C14H26N2O/c15-16-13(14-11-6-2-7-12(11)14)8-1-4-10-5-3-9-17-10/h10-14,16H,1-9,15H2. The molecule has 0 amide bonds. The third kappa shape index (κ3) is 2.51. The molecule has 1 heterocycles. The summed E-state index contributed by atoms with van der Waals surface area (Å²) in [4.78, 5) is 0. The van der Waals surface area contributed by atoms with Gasteiger partial charge in [0.2, 0.25) is 0 Å². The van der Waals surface area contributed by atoms with Crippen LogP contribution in [0.15, 0.2) is 0 Å². The van der Waals surface area contributed by atoms with E-state index >= 15 is 0 Å². The molecule has 0 radical (unpaired) electrons. The molecule has 0 aromatic carbocycles. The van der Waals surface area contributed by atoms with Crippen LogP contribution in [0.3, 0.4) is 0 Å². The van der Waals surface area contributed by atoms with Gasteiger partial charge in [-0.3, -0.25) is 11.3 Å². The molecule has 2 aliphatic carbocycles. The predicted octanol–water partition coefficient (Wildman–Crippen LogP) is 2.21. The first-order valence-corrected chi connectivity index (χ1v) is 7.48. The SMILES string of the molecule is NNC(CCCC1CCCO1)C1C2CCCC21. The minimum absolute atomic E-state index is 0.548. The molecule has 1 aliphatic heterocycles. The lowest BCUT2D eigenvalue weighted by Gasteiger charge is -2.18. The third-order valence-electron chi connectivity index (χ3n) is 5.22. The van der Waals surface area contributed by atoms with Crippen LogP contribution < -0.4 is 11.3 Å². The molecule has 3 fully saturated rings. The van der Waals surface area contributed by atoms with Crippen molar-refractivity contribution in [3.63, 3.8) is 0 Å². The van der Waals surface area contributed by atoms with Crippen molar-refractivity contribution in [1.82, 2.24) is 5.43 Å². The quantitative estimate of drug-likeness (QED) is 0.551. The monoisotopic (exact) mass is 238 g/mol. The summed E-state index contributed by atoms with van der Waals surface area (Å²) in [5.41, 5.74) is 3.08. The number of hydrogen-bond acceptors (Lipinski definition) is 3. The number of ether oxygens (including phenoxy) is 1. The van der Waals surface area contributed by atoms with Crippen molar-refractivity contribution in [2.75, 3.05) is 6.61 Å². The van der Waals surface area contributed by atoms with Crippen LogP contribution >= 0.6 is 0 Å². The van der Waals surface area contributed by atoms with E-state index in [1.165, 1.54) is 51.4 Å². The third-order valence-corrected chi connectivity index (χ3v) is 5.22. The highest BCUT2D eigenvalue weighted by molar-refractivity contribution is 5.05. The van der Waals surface area contributed by atoms with Crippen molar-refractivity contribution in [1.29, 1.82) is 0 Å². The fourth-order valence-electron chi connectivity index (χ4n) is 4.30. The fourth-order valence-corrected chi connectivity index (χ4v) is 4.30. The summed E-state index contributed by atoms with van der Waals surface area (Å²) in [5.74, 6) is 8.66. The van der Waals surface area contributed by atoms with Gasteiger partial charge >= 0.3 is 0 Å². The molecule has 98 valence electrons. The van der Waals surface area contributed by atoms with Gasteiger partial charge in [-0.1, -0.05) is 6.42 Å². The number of hydrazine groups is 1. The predicted molar refractivity (Wildman–Crippen MR) is 68.3 cm³/mol. The summed E-state index contributed by atoms with van der Waals surface area (Å²) in [6.45, 7) is 0.982. The number of hydrogen-bond donors (Lipinski definition) is 2. The van der Waals surface area contributed by atoms with Crippen LogP contribution in [0.1, 0.15) is 51.4 Å². The Kier molecular flexibility index (Phi) is 3.69. The smallest absolute Gasteiger partial charge is 0.0576 e. The van der Waals surface area contributed by atoms with E-state index in [0.717, 1.165) is 24.4 Å². The van der Waals surface area contributed by atoms with Gasteiger partial charge in [0.25, 0.3) is 0 Å². The molecule has 0 aromatic rings. The van der Waals surface area contributed by atoms with E-state index in [0.29, 0.717) is 12.1 Å². The molecule has 3 N–H and O–H groups in total. The molecule has 0 aromatic heterocycles. The maximum Gasteiger partial charge on any atom is 0.0576 e. The average Bonchev–Trinajstić information content (AvgIpc) is 2.82. The largest absolute Gasteiger partial charge is 0.378 e. The van der Waals surface area contributed by atoms with Gasteiger partial charge < -0.3 is 4.74 Å². The molecule has 3 nitrogen and oxygen atoms in total. The molecule has 17 heavy (non-hydrogen) atoms. The Morgan fingerprint density at radius 3 is 2.65 bits per heavy atom. The van der Waals surface area contributed by atoms with E-state index in [1.54, 1.807) is 0 Å². The van der Waals surface area contributed by atoms with Gasteiger partial charge in [-0.25, -0.2) is 0 Å². The van der Waals surface area contributed by atoms with Crippen molar-refractivity contribution in [3.8, 4) is 0 Å². The van der Waals surface area contributed by atoms with Crippen LogP contribution in [0.4, 0.5) is 0 Å². The maximum absolute atomic E-state index is 5.73. The normalized spacial score (nSPS) is 41.5. The second-order valence-electron chi connectivity index (χ2n) is 6.18. The summed E-state index contributed by atoms with van der Waals surface area (Å²) in [7, 11) is 0. The second-order valence-corrected chi connectivity index (χ2v) is 6.18. The highest BCUT2D eigenvalue weighted by atomic mass is 16.5. The van der Waals surface area contributed by atoms with Gasteiger partial charge in [0, 0.05) is 12.6 Å². The van der Waals surface area contributed by atoms with Crippen LogP contribution in [0.2, 0.25) is 0 Å². The van der Waals surface area contributed by atoms with Gasteiger partial charge in [0.05, 0.1) is 6.10 Å². The van der Waals surface area contributed by atoms with Gasteiger partial charge in [-0.05, 0) is 62.7 Å². The van der Waals surface area contributed by atoms with Crippen LogP contribution in [-0.2, 0) is 4.74 Å². The van der Waals surface area contributed by atoms with E-state index in [4.69, 9.17) is 10.6 Å². The molecular formula is C14H26N2O. The van der Waals surface area contributed by atoms with Crippen LogP contribution in [0.25, 0.3) is 0 Å². The Labute approximate surface area is 104 Å². The Balaban J connectivity index is 1.37. The first-order valence-electron chi connectivity index (χ1n) is 7.48. The van der Waals surface area contributed by atoms with E-state index in [9.17, 15) is 0 Å². The van der Waals surface area contributed by atoms with Crippen LogP contribution in [0, 0.1) is 17.8 Å². The van der Waals surface area contributed by atoms with Crippen LogP contribution in [-0.4, -0.2) is 18.8 Å². The number of nitrogens with one attached hydrogen (secondary N) is 1. The Morgan fingerprint density at radius 1 is 1.18 bits per heavy atom. The van der Waals surface area contributed by atoms with Crippen molar-refractivity contribution < 1.29 is 4.74 Å². The summed E-state index contributed by atoms with van der Waals surface area (Å²) in [6.07, 6.45) is 11.2. The highest BCUT2D eigenvalue weighted by Crippen LogP contribution is 2.59. The average molecular weight is 238 g/mol. The van der Waals surface area contributed by atoms with E-state index in [-0.39, 0.29) is 0 Å². The molecule has 1 saturated heterocycles. The molecule has 3 rings (SSSR count). The first-order chi connectivity index (χ1) is 8.40. The molecule has 4 atom stereocenters. The van der Waals surface area contributed by atoms with Gasteiger partial charge in [0.15, 0.2) is 0 Å². The summed E-state index contributed by atoms with van der Waals surface area (Å²) in [5, 5.41) is 0. The van der Waals surface area contributed by atoms with Gasteiger partial charge in [-0.2, -0.15) is 0 Å². The first kappa shape index (κ1) is 11.9. The maximum atomic E-state index is 5.73. The Bertz CT molecular complexity index is 243. The van der Waals surface area contributed by atoms with E-state index in [2.05, 4.69) is 5.43 Å². The fraction of sp³-hybridized carbons (Fsp3) is 1.00. The molecular weight excluding hydrogens is 212 g/mol. The number of nitrogens with two attached hydrogens (primary N) is 1. The summed E-state index contributed by atoms with van der Waals surface area (Å²) >= 11 is 0. The molecule has 2 saturated carbocycles. The molecule has 0 spiro atoms. The lowest BCUT2D eigenvalue weighted by atomic mass is 9.98. The minimum Gasteiger partial charge on any atom is -0.378 e. The summed E-state index contributed by atoms with van der Waals surface area (Å²) < 4.78 is 5.67. The van der Waals surface area contributed by atoms with Crippen molar-refractivity contribution in [3.05, 3.63) is 0 Å². The number of fused-ring (bicyclic) bond motifs is 1. The highest BCUT2D eigenvalue weighted by Gasteiger charge is 2.55. The molecule has 4 unspecified atom stereocenters. The lowest BCUT2D eigenvalue weighted by Crippen LogP contribution is -2.38. The zero-order valence-electron chi connectivity index (χ0n) is 10.7. The van der Waals surface area contributed by atoms with Gasteiger partial charge in [0.1, 0.15) is 0 Å². The topological polar surface area (TPSA) is 47.3 Å². The minimum atomic E-state index is 0.548. The lowest BCUT2D eigenvalue weighted by molar-refractivity contribution is 0.101. The van der Waals surface area contributed by atoms with Crippen molar-refractivity contribution in [2.24, 2.45) is 23.6 Å². The molecule has 3 heteroatoms. The Hall–Kier alpha value is -0.120. The van der Waals surface area contributed by atoms with Crippen molar-refractivity contribution in [2.45, 2.75) is 63.5 Å².